The van der Waals surface area contributed by atoms with E-state index in [4.69, 9.17) is 4.42 Å². The first kappa shape index (κ1) is 17.2. The minimum atomic E-state index is -0.252. The molecular weight excluding hydrogens is 334 g/mol. The number of nitrogens with one attached hydrogen (secondary N) is 1. The first-order valence-corrected chi connectivity index (χ1v) is 8.85. The molecule has 0 aliphatic heterocycles. The second-order valence-electron chi connectivity index (χ2n) is 5.63. The molecule has 3 rings (SSSR count). The minimum absolute atomic E-state index is 0.252. The fourth-order valence-corrected chi connectivity index (χ4v) is 3.20. The number of amides is 1. The van der Waals surface area contributed by atoms with Crippen LogP contribution in [0.2, 0.25) is 0 Å². The fraction of sp³-hybridized carbons (Fsp3) is 0.211. The second kappa shape index (κ2) is 7.53. The third-order valence-electron chi connectivity index (χ3n) is 3.52. The molecule has 3 aromatic rings. The average molecular weight is 353 g/mol. The first-order valence-electron chi connectivity index (χ1n) is 8.04. The Balaban J connectivity index is 1.66. The number of carbonyl (C=O) groups excluding carboxylic acids is 1. The van der Waals surface area contributed by atoms with Gasteiger partial charge in [-0.2, -0.15) is 0 Å². The summed E-state index contributed by atoms with van der Waals surface area (Å²) in [5, 5.41) is 3.55. The Labute approximate surface area is 150 Å². The number of anilines is 1. The van der Waals surface area contributed by atoms with Crippen LogP contribution in [0.5, 0.6) is 0 Å². The van der Waals surface area contributed by atoms with Gasteiger partial charge in [-0.3, -0.25) is 4.79 Å². The van der Waals surface area contributed by atoms with Crippen LogP contribution in [0, 0.1) is 13.8 Å². The van der Waals surface area contributed by atoms with Crippen molar-refractivity contribution in [1.29, 1.82) is 0 Å². The van der Waals surface area contributed by atoms with Gasteiger partial charge in [0.25, 0.3) is 5.91 Å². The number of nitrogens with zero attached hydrogens (tertiary/aromatic N) is 2. The molecule has 1 aromatic carbocycles. The number of hydrogen-bond acceptors (Lipinski definition) is 5. The Hall–Kier alpha value is -2.60. The summed E-state index contributed by atoms with van der Waals surface area (Å²) in [4.78, 5) is 22.0. The topological polar surface area (TPSA) is 68.0 Å². The van der Waals surface area contributed by atoms with Crippen molar-refractivity contribution in [3.8, 4) is 0 Å². The molecule has 6 heteroatoms. The highest BCUT2D eigenvalue weighted by Gasteiger charge is 2.11. The highest BCUT2D eigenvalue weighted by Crippen LogP contribution is 2.26. The maximum atomic E-state index is 12.2. The Kier molecular flexibility index (Phi) is 5.19. The van der Waals surface area contributed by atoms with E-state index >= 15 is 0 Å². The Morgan fingerprint density at radius 3 is 2.36 bits per heavy atom. The fourth-order valence-electron chi connectivity index (χ4n) is 2.33. The molecule has 0 spiro atoms. The van der Waals surface area contributed by atoms with E-state index in [2.05, 4.69) is 15.3 Å². The van der Waals surface area contributed by atoms with Crippen molar-refractivity contribution in [2.45, 2.75) is 37.2 Å². The van der Waals surface area contributed by atoms with Gasteiger partial charge in [0.15, 0.2) is 10.9 Å². The van der Waals surface area contributed by atoms with Crippen molar-refractivity contribution >= 4 is 23.4 Å². The molecule has 128 valence electrons. The third-order valence-corrected chi connectivity index (χ3v) is 4.39. The Morgan fingerprint density at radius 2 is 1.76 bits per heavy atom. The zero-order chi connectivity index (χ0) is 17.8. The molecule has 0 saturated carbocycles. The normalized spacial score (nSPS) is 10.7. The average Bonchev–Trinajstić information content (AvgIpc) is 3.05. The number of aryl methyl sites for hydroxylation is 3. The zero-order valence-corrected chi connectivity index (χ0v) is 15.2. The van der Waals surface area contributed by atoms with Crippen LogP contribution < -0.4 is 5.32 Å². The van der Waals surface area contributed by atoms with Crippen molar-refractivity contribution in [3.05, 3.63) is 65.4 Å². The molecule has 1 amide bonds. The summed E-state index contributed by atoms with van der Waals surface area (Å²) in [7, 11) is 0. The quantitative estimate of drug-likeness (QED) is 0.676. The molecule has 0 saturated heterocycles. The number of aromatic nitrogens is 2. The molecule has 0 atom stereocenters. The van der Waals surface area contributed by atoms with Crippen LogP contribution in [0.3, 0.4) is 0 Å². The lowest BCUT2D eigenvalue weighted by atomic mass is 10.3. The van der Waals surface area contributed by atoms with Crippen LogP contribution in [0.15, 0.2) is 56.9 Å². The molecule has 2 aromatic heterocycles. The van der Waals surface area contributed by atoms with Gasteiger partial charge in [0.2, 0.25) is 0 Å². The SMILES string of the molecule is CCc1ccc(C(=O)Nc2ccc(Sc3nc(C)cc(C)n3)cc2)o1. The standard InChI is InChI=1S/C19H19N3O2S/c1-4-15-7-10-17(24-15)18(23)22-14-5-8-16(9-6-14)25-19-20-12(2)11-13(3)21-19/h5-11H,4H2,1-3H3,(H,22,23). The van der Waals surface area contributed by atoms with Crippen molar-refractivity contribution in [1.82, 2.24) is 9.97 Å². The van der Waals surface area contributed by atoms with Gasteiger partial charge in [-0.05, 0) is 68.1 Å². The summed E-state index contributed by atoms with van der Waals surface area (Å²) < 4.78 is 5.46. The van der Waals surface area contributed by atoms with Crippen LogP contribution in [-0.2, 0) is 6.42 Å². The van der Waals surface area contributed by atoms with Crippen molar-refractivity contribution in [2.75, 3.05) is 5.32 Å². The third kappa shape index (κ3) is 4.48. The maximum Gasteiger partial charge on any atom is 0.291 e. The molecule has 1 N–H and O–H groups in total. The van der Waals surface area contributed by atoms with Gasteiger partial charge < -0.3 is 9.73 Å². The lowest BCUT2D eigenvalue weighted by molar-refractivity contribution is 0.0995. The van der Waals surface area contributed by atoms with Gasteiger partial charge >= 0.3 is 0 Å². The van der Waals surface area contributed by atoms with Crippen LogP contribution >= 0.6 is 11.8 Å². The molecule has 0 aliphatic carbocycles. The van der Waals surface area contributed by atoms with E-state index in [1.807, 2.05) is 57.2 Å². The van der Waals surface area contributed by atoms with Crippen LogP contribution in [0.1, 0.15) is 34.6 Å². The minimum Gasteiger partial charge on any atom is -0.456 e. The van der Waals surface area contributed by atoms with Crippen LogP contribution in [0.4, 0.5) is 5.69 Å². The smallest absolute Gasteiger partial charge is 0.291 e. The zero-order valence-electron chi connectivity index (χ0n) is 14.4. The number of benzene rings is 1. The summed E-state index contributed by atoms with van der Waals surface area (Å²) in [6.45, 7) is 5.89. The predicted octanol–water partition coefficient (Wildman–Crippen LogP) is 4.65. The Morgan fingerprint density at radius 1 is 1.08 bits per heavy atom. The summed E-state index contributed by atoms with van der Waals surface area (Å²) >= 11 is 1.49. The molecule has 0 aliphatic rings. The largest absolute Gasteiger partial charge is 0.456 e. The monoisotopic (exact) mass is 353 g/mol. The Bertz CT molecular complexity index is 868. The van der Waals surface area contributed by atoms with E-state index in [0.29, 0.717) is 11.4 Å². The van der Waals surface area contributed by atoms with Crippen LogP contribution in [-0.4, -0.2) is 15.9 Å². The van der Waals surface area contributed by atoms with Crippen molar-refractivity contribution < 1.29 is 9.21 Å². The highest BCUT2D eigenvalue weighted by atomic mass is 32.2. The summed E-state index contributed by atoms with van der Waals surface area (Å²) in [6.07, 6.45) is 0.764. The van der Waals surface area contributed by atoms with E-state index in [1.165, 1.54) is 11.8 Å². The maximum absolute atomic E-state index is 12.2. The summed E-state index contributed by atoms with van der Waals surface area (Å²) in [6, 6.07) is 13.0. The van der Waals surface area contributed by atoms with E-state index in [-0.39, 0.29) is 5.91 Å². The van der Waals surface area contributed by atoms with Crippen molar-refractivity contribution in [3.63, 3.8) is 0 Å². The van der Waals surface area contributed by atoms with E-state index in [0.717, 1.165) is 33.6 Å². The van der Waals surface area contributed by atoms with Gasteiger partial charge in [0.05, 0.1) is 0 Å². The second-order valence-corrected chi connectivity index (χ2v) is 6.67. The number of rotatable bonds is 5. The summed E-state index contributed by atoms with van der Waals surface area (Å²) in [5.74, 6) is 0.863. The molecule has 2 heterocycles. The lowest BCUT2D eigenvalue weighted by Crippen LogP contribution is -2.10. The molecule has 0 bridgehead atoms. The van der Waals surface area contributed by atoms with Gasteiger partial charge in [0, 0.05) is 28.4 Å². The molecule has 0 unspecified atom stereocenters. The molecule has 0 radical (unpaired) electrons. The van der Waals surface area contributed by atoms with Gasteiger partial charge in [-0.15, -0.1) is 0 Å². The first-order chi connectivity index (χ1) is 12.0. The van der Waals surface area contributed by atoms with Gasteiger partial charge in [0.1, 0.15) is 5.76 Å². The molecule has 5 nitrogen and oxygen atoms in total. The van der Waals surface area contributed by atoms with Gasteiger partial charge in [-0.25, -0.2) is 9.97 Å². The van der Waals surface area contributed by atoms with E-state index < -0.39 is 0 Å². The van der Waals surface area contributed by atoms with E-state index in [1.54, 1.807) is 6.07 Å². The molecule has 25 heavy (non-hydrogen) atoms. The highest BCUT2D eigenvalue weighted by molar-refractivity contribution is 7.99. The molecule has 0 fully saturated rings. The number of furan rings is 1. The lowest BCUT2D eigenvalue weighted by Gasteiger charge is -2.06. The van der Waals surface area contributed by atoms with Crippen molar-refractivity contribution in [2.24, 2.45) is 0 Å². The summed E-state index contributed by atoms with van der Waals surface area (Å²) in [5.41, 5.74) is 2.61. The predicted molar refractivity (Wildman–Crippen MR) is 98.1 cm³/mol. The van der Waals surface area contributed by atoms with E-state index in [9.17, 15) is 4.79 Å². The number of carbonyl (C=O) groups is 1. The number of hydrogen-bond donors (Lipinski definition) is 1. The van der Waals surface area contributed by atoms with Crippen LogP contribution in [0.25, 0.3) is 0 Å². The van der Waals surface area contributed by atoms with Gasteiger partial charge in [-0.1, -0.05) is 6.92 Å². The molecular formula is C19H19N3O2S.